The summed E-state index contributed by atoms with van der Waals surface area (Å²) in [5.74, 6) is 0.442. The van der Waals surface area contributed by atoms with Crippen LogP contribution in [0.5, 0.6) is 0 Å². The van der Waals surface area contributed by atoms with Crippen molar-refractivity contribution in [3.05, 3.63) is 23.6 Å². The van der Waals surface area contributed by atoms with E-state index in [1.54, 1.807) is 25.6 Å². The van der Waals surface area contributed by atoms with E-state index in [4.69, 9.17) is 17.3 Å². The second kappa shape index (κ2) is 5.53. The highest BCUT2D eigenvalue weighted by molar-refractivity contribution is 6.36. The van der Waals surface area contributed by atoms with Gasteiger partial charge >= 0.3 is 0 Å². The van der Waals surface area contributed by atoms with Gasteiger partial charge in [0.2, 0.25) is 11.9 Å². The van der Waals surface area contributed by atoms with Gasteiger partial charge in [-0.2, -0.15) is 15.1 Å². The number of aromatic nitrogens is 5. The van der Waals surface area contributed by atoms with Gasteiger partial charge in [-0.1, -0.05) is 11.6 Å². The monoisotopic (exact) mass is 320 g/mol. The van der Waals surface area contributed by atoms with Crippen LogP contribution in [0.3, 0.4) is 0 Å². The molecule has 3 aromatic heterocycles. The van der Waals surface area contributed by atoms with E-state index < -0.39 is 0 Å². The highest BCUT2D eigenvalue weighted by atomic mass is 35.5. The van der Waals surface area contributed by atoms with Gasteiger partial charge in [0, 0.05) is 19.4 Å². The van der Waals surface area contributed by atoms with E-state index in [1.807, 2.05) is 0 Å². The molecule has 0 saturated heterocycles. The molecule has 0 aliphatic carbocycles. The van der Waals surface area contributed by atoms with Gasteiger partial charge in [-0.15, -0.1) is 0 Å². The van der Waals surface area contributed by atoms with E-state index in [9.17, 15) is 4.79 Å². The third kappa shape index (κ3) is 2.66. The van der Waals surface area contributed by atoms with Crippen molar-refractivity contribution in [2.45, 2.75) is 6.54 Å². The molecule has 0 aliphatic heterocycles. The summed E-state index contributed by atoms with van der Waals surface area (Å²) in [5.41, 5.74) is 7.05. The summed E-state index contributed by atoms with van der Waals surface area (Å²) in [6.45, 7) is 0.131. The minimum Gasteiger partial charge on any atom is -0.383 e. The van der Waals surface area contributed by atoms with Crippen LogP contribution in [0.2, 0.25) is 5.02 Å². The summed E-state index contributed by atoms with van der Waals surface area (Å²) < 4.78 is 1.49. The third-order valence-corrected chi connectivity index (χ3v) is 3.28. The molecular formula is C12H13ClN8O. The molecule has 22 heavy (non-hydrogen) atoms. The number of likely N-dealkylation sites (N-methyl/N-ethyl adjacent to an activating group) is 1. The van der Waals surface area contributed by atoms with Crippen molar-refractivity contribution < 1.29 is 4.79 Å². The first-order valence-electron chi connectivity index (χ1n) is 6.37. The molecule has 5 N–H and O–H groups in total. The Labute approximate surface area is 129 Å². The minimum absolute atomic E-state index is 0.131. The maximum atomic E-state index is 11.3. The number of anilines is 3. The number of nitrogens with two attached hydrogens (primary N) is 1. The zero-order valence-corrected chi connectivity index (χ0v) is 12.3. The number of H-pyrrole nitrogens is 1. The van der Waals surface area contributed by atoms with Crippen LogP contribution in [0.1, 0.15) is 0 Å². The van der Waals surface area contributed by atoms with Gasteiger partial charge in [-0.05, 0) is 0 Å². The fraction of sp³-hybridized carbons (Fsp3) is 0.167. The van der Waals surface area contributed by atoms with Gasteiger partial charge in [0.25, 0.3) is 0 Å². The Kier molecular flexibility index (Phi) is 3.55. The summed E-state index contributed by atoms with van der Waals surface area (Å²) >= 11 is 5.99. The van der Waals surface area contributed by atoms with E-state index in [2.05, 4.69) is 30.7 Å². The Morgan fingerprint density at radius 2 is 2.32 bits per heavy atom. The number of nitrogen functional groups attached to an aromatic ring is 1. The second-order valence-electron chi connectivity index (χ2n) is 4.52. The standard InChI is InChI=1S/C12H13ClN8O/c1-15-8(22)5-21-4-6(2-17-21)18-12-19-10(14)9-7(13)3-16-11(9)20-12/h2-4H,5H2,1H3,(H,15,22)(H4,14,16,18,19,20). The van der Waals surface area contributed by atoms with Gasteiger partial charge < -0.3 is 21.4 Å². The number of rotatable bonds is 4. The fourth-order valence-corrected chi connectivity index (χ4v) is 2.19. The molecule has 1 amide bonds. The largest absolute Gasteiger partial charge is 0.383 e. The first kappa shape index (κ1) is 14.1. The molecular weight excluding hydrogens is 308 g/mol. The van der Waals surface area contributed by atoms with Gasteiger partial charge in [-0.3, -0.25) is 9.48 Å². The average Bonchev–Trinajstić information content (AvgIpc) is 3.06. The molecule has 0 aliphatic rings. The maximum Gasteiger partial charge on any atom is 0.241 e. The quantitative estimate of drug-likeness (QED) is 0.565. The lowest BCUT2D eigenvalue weighted by Gasteiger charge is -2.04. The molecule has 10 heteroatoms. The molecule has 3 rings (SSSR count). The van der Waals surface area contributed by atoms with Gasteiger partial charge in [-0.25, -0.2) is 0 Å². The van der Waals surface area contributed by atoms with Crippen LogP contribution in [-0.4, -0.2) is 37.7 Å². The SMILES string of the molecule is CNC(=O)Cn1cc(Nc2nc(N)c3c(Cl)c[nH]c3n2)cn1. The van der Waals surface area contributed by atoms with Crippen molar-refractivity contribution in [3.63, 3.8) is 0 Å². The predicted octanol–water partition coefficient (Wildman–Crippen LogP) is 0.880. The minimum atomic E-state index is -0.141. The molecule has 0 fully saturated rings. The van der Waals surface area contributed by atoms with Crippen molar-refractivity contribution in [1.29, 1.82) is 0 Å². The molecule has 0 radical (unpaired) electrons. The zero-order chi connectivity index (χ0) is 15.7. The maximum absolute atomic E-state index is 11.3. The van der Waals surface area contributed by atoms with Crippen LogP contribution in [-0.2, 0) is 11.3 Å². The fourth-order valence-electron chi connectivity index (χ4n) is 1.95. The zero-order valence-electron chi connectivity index (χ0n) is 11.6. The first-order valence-corrected chi connectivity index (χ1v) is 6.75. The van der Waals surface area contributed by atoms with Crippen LogP contribution >= 0.6 is 11.6 Å². The molecule has 0 atom stereocenters. The average molecular weight is 321 g/mol. The van der Waals surface area contributed by atoms with E-state index in [1.165, 1.54) is 4.68 Å². The number of aromatic amines is 1. The third-order valence-electron chi connectivity index (χ3n) is 2.99. The Morgan fingerprint density at radius 1 is 1.50 bits per heavy atom. The number of amides is 1. The van der Waals surface area contributed by atoms with Gasteiger partial charge in [0.1, 0.15) is 18.0 Å². The molecule has 3 heterocycles. The number of carbonyl (C=O) groups excluding carboxylic acids is 1. The highest BCUT2D eigenvalue weighted by Crippen LogP contribution is 2.27. The first-order chi connectivity index (χ1) is 10.6. The summed E-state index contributed by atoms with van der Waals surface area (Å²) in [5, 5.41) is 10.6. The summed E-state index contributed by atoms with van der Waals surface area (Å²) in [6.07, 6.45) is 4.83. The molecule has 9 nitrogen and oxygen atoms in total. The number of hydrogen-bond acceptors (Lipinski definition) is 6. The van der Waals surface area contributed by atoms with E-state index >= 15 is 0 Å². The highest BCUT2D eigenvalue weighted by Gasteiger charge is 2.11. The van der Waals surface area contributed by atoms with Crippen LogP contribution in [0, 0.1) is 0 Å². The van der Waals surface area contributed by atoms with Gasteiger partial charge in [0.05, 0.1) is 22.3 Å². The number of carbonyl (C=O) groups is 1. The van der Waals surface area contributed by atoms with Crippen molar-refractivity contribution in [3.8, 4) is 0 Å². The van der Waals surface area contributed by atoms with Crippen molar-refractivity contribution in [1.82, 2.24) is 30.0 Å². The summed E-state index contributed by atoms with van der Waals surface area (Å²) in [6, 6.07) is 0. The molecule has 0 saturated carbocycles. The number of halogens is 1. The number of fused-ring (bicyclic) bond motifs is 1. The Bertz CT molecular complexity index is 839. The molecule has 3 aromatic rings. The van der Waals surface area contributed by atoms with E-state index in [-0.39, 0.29) is 18.3 Å². The Balaban J connectivity index is 1.82. The van der Waals surface area contributed by atoms with Crippen molar-refractivity contribution in [2.75, 3.05) is 18.1 Å². The van der Waals surface area contributed by atoms with Crippen LogP contribution < -0.4 is 16.4 Å². The molecule has 0 spiro atoms. The van der Waals surface area contributed by atoms with E-state index in [0.29, 0.717) is 27.7 Å². The summed E-state index contributed by atoms with van der Waals surface area (Å²) in [7, 11) is 1.57. The Hall–Kier alpha value is -2.81. The van der Waals surface area contributed by atoms with Crippen molar-refractivity contribution in [2.24, 2.45) is 0 Å². The lowest BCUT2D eigenvalue weighted by atomic mass is 10.4. The summed E-state index contributed by atoms with van der Waals surface area (Å²) in [4.78, 5) is 22.6. The normalized spacial score (nSPS) is 10.8. The number of nitrogens with zero attached hydrogens (tertiary/aromatic N) is 4. The van der Waals surface area contributed by atoms with Crippen LogP contribution in [0.4, 0.5) is 17.5 Å². The second-order valence-corrected chi connectivity index (χ2v) is 4.92. The Morgan fingerprint density at radius 3 is 3.09 bits per heavy atom. The molecule has 0 aromatic carbocycles. The number of nitrogens with one attached hydrogen (secondary N) is 3. The lowest BCUT2D eigenvalue weighted by molar-refractivity contribution is -0.121. The smallest absolute Gasteiger partial charge is 0.241 e. The number of hydrogen-bond donors (Lipinski definition) is 4. The molecule has 114 valence electrons. The predicted molar refractivity (Wildman–Crippen MR) is 82.9 cm³/mol. The van der Waals surface area contributed by atoms with E-state index in [0.717, 1.165) is 0 Å². The van der Waals surface area contributed by atoms with Gasteiger partial charge in [0.15, 0.2) is 0 Å². The van der Waals surface area contributed by atoms with Crippen molar-refractivity contribution >= 4 is 46.0 Å². The topological polar surface area (TPSA) is 127 Å². The molecule has 0 unspecified atom stereocenters. The lowest BCUT2D eigenvalue weighted by Crippen LogP contribution is -2.23. The van der Waals surface area contributed by atoms with Crippen LogP contribution in [0.25, 0.3) is 11.0 Å². The molecule has 0 bridgehead atoms. The van der Waals surface area contributed by atoms with Crippen LogP contribution in [0.15, 0.2) is 18.6 Å².